The predicted molar refractivity (Wildman–Crippen MR) is 79.9 cm³/mol. The Hall–Kier alpha value is -2.11. The van der Waals surface area contributed by atoms with Gasteiger partial charge in [-0.2, -0.15) is 11.3 Å². The smallest absolute Gasteiger partial charge is 0.251 e. The van der Waals surface area contributed by atoms with Gasteiger partial charge in [-0.25, -0.2) is 0 Å². The zero-order valence-electron chi connectivity index (χ0n) is 10.7. The first-order valence-electron chi connectivity index (χ1n) is 6.29. The molecule has 1 amide bonds. The zero-order chi connectivity index (χ0) is 13.9. The van der Waals surface area contributed by atoms with Crippen LogP contribution in [0.3, 0.4) is 0 Å². The number of H-pyrrole nitrogens is 1. The summed E-state index contributed by atoms with van der Waals surface area (Å²) in [5.74, 6) is -0.184. The summed E-state index contributed by atoms with van der Waals surface area (Å²) in [5.41, 5.74) is 2.34. The summed E-state index contributed by atoms with van der Waals surface area (Å²) < 4.78 is 0. The van der Waals surface area contributed by atoms with Crippen LogP contribution in [-0.4, -0.2) is 22.5 Å². The van der Waals surface area contributed by atoms with E-state index in [2.05, 4.69) is 10.3 Å². The standard InChI is InChI=1S/C15H14N2O2S/c18-14(12-4-6-20-9-12)8-17-15(19)11-2-1-10-3-5-16-13(10)7-11/h1-7,9,14,16,18H,8H2,(H,17,19). The normalized spacial score (nSPS) is 12.4. The third-order valence-corrected chi connectivity index (χ3v) is 3.90. The number of rotatable bonds is 4. The second kappa shape index (κ2) is 5.48. The molecule has 4 nitrogen and oxygen atoms in total. The molecule has 0 saturated carbocycles. The van der Waals surface area contributed by atoms with E-state index in [1.54, 1.807) is 6.07 Å². The number of aliphatic hydroxyl groups is 1. The molecule has 3 rings (SSSR count). The fourth-order valence-electron chi connectivity index (χ4n) is 2.06. The van der Waals surface area contributed by atoms with E-state index in [4.69, 9.17) is 0 Å². The van der Waals surface area contributed by atoms with E-state index in [0.717, 1.165) is 16.5 Å². The highest BCUT2D eigenvalue weighted by molar-refractivity contribution is 7.07. The Morgan fingerprint density at radius 2 is 2.25 bits per heavy atom. The Kier molecular flexibility index (Phi) is 3.54. The molecule has 0 aliphatic heterocycles. The van der Waals surface area contributed by atoms with Crippen LogP contribution in [0.2, 0.25) is 0 Å². The van der Waals surface area contributed by atoms with Crippen LogP contribution in [0.5, 0.6) is 0 Å². The Morgan fingerprint density at radius 1 is 1.35 bits per heavy atom. The number of fused-ring (bicyclic) bond motifs is 1. The number of hydrogen-bond acceptors (Lipinski definition) is 3. The summed E-state index contributed by atoms with van der Waals surface area (Å²) in [4.78, 5) is 15.1. The molecule has 0 radical (unpaired) electrons. The monoisotopic (exact) mass is 286 g/mol. The van der Waals surface area contributed by atoms with E-state index in [-0.39, 0.29) is 12.5 Å². The molecule has 0 fully saturated rings. The lowest BCUT2D eigenvalue weighted by Crippen LogP contribution is -2.28. The van der Waals surface area contributed by atoms with E-state index in [0.29, 0.717) is 5.56 Å². The maximum Gasteiger partial charge on any atom is 0.251 e. The van der Waals surface area contributed by atoms with Crippen molar-refractivity contribution in [1.29, 1.82) is 0 Å². The van der Waals surface area contributed by atoms with Gasteiger partial charge in [-0.3, -0.25) is 4.79 Å². The number of aromatic amines is 1. The highest BCUT2D eigenvalue weighted by atomic mass is 32.1. The number of benzene rings is 1. The number of aliphatic hydroxyl groups excluding tert-OH is 1. The molecule has 2 heterocycles. The lowest BCUT2D eigenvalue weighted by Gasteiger charge is -2.10. The molecule has 1 aromatic carbocycles. The van der Waals surface area contributed by atoms with E-state index in [1.165, 1.54) is 11.3 Å². The molecule has 20 heavy (non-hydrogen) atoms. The fourth-order valence-corrected chi connectivity index (χ4v) is 2.77. The van der Waals surface area contributed by atoms with Crippen LogP contribution >= 0.6 is 11.3 Å². The first-order chi connectivity index (χ1) is 9.74. The Labute approximate surface area is 120 Å². The summed E-state index contributed by atoms with van der Waals surface area (Å²) in [6.45, 7) is 0.207. The molecule has 2 aromatic heterocycles. The minimum atomic E-state index is -0.667. The second-order valence-corrected chi connectivity index (χ2v) is 5.34. The average molecular weight is 286 g/mol. The maximum atomic E-state index is 12.1. The quantitative estimate of drug-likeness (QED) is 0.690. The number of thiophene rings is 1. The van der Waals surface area contributed by atoms with E-state index in [9.17, 15) is 9.90 Å². The molecule has 5 heteroatoms. The molecule has 0 bridgehead atoms. The van der Waals surface area contributed by atoms with Gasteiger partial charge < -0.3 is 15.4 Å². The van der Waals surface area contributed by atoms with Gasteiger partial charge >= 0.3 is 0 Å². The maximum absolute atomic E-state index is 12.1. The number of carbonyl (C=O) groups is 1. The van der Waals surface area contributed by atoms with Crippen molar-refractivity contribution in [3.8, 4) is 0 Å². The van der Waals surface area contributed by atoms with Crippen LogP contribution in [0.25, 0.3) is 10.9 Å². The lowest BCUT2D eigenvalue weighted by molar-refractivity contribution is 0.0916. The van der Waals surface area contributed by atoms with Crippen molar-refractivity contribution in [3.05, 3.63) is 58.4 Å². The minimum Gasteiger partial charge on any atom is -0.387 e. The second-order valence-electron chi connectivity index (χ2n) is 4.56. The molecule has 0 aliphatic rings. The number of carbonyl (C=O) groups excluding carboxylic acids is 1. The summed E-state index contributed by atoms with van der Waals surface area (Å²) in [5, 5.41) is 17.5. The van der Waals surface area contributed by atoms with Crippen molar-refractivity contribution in [3.63, 3.8) is 0 Å². The van der Waals surface area contributed by atoms with Crippen molar-refractivity contribution in [2.75, 3.05) is 6.54 Å². The van der Waals surface area contributed by atoms with Gasteiger partial charge in [-0.1, -0.05) is 6.07 Å². The predicted octanol–water partition coefficient (Wildman–Crippen LogP) is 2.69. The molecule has 1 unspecified atom stereocenters. The Bertz CT molecular complexity index is 718. The molecule has 0 saturated heterocycles. The number of hydrogen-bond donors (Lipinski definition) is 3. The SMILES string of the molecule is O=C(NCC(O)c1ccsc1)c1ccc2cc[nH]c2c1. The van der Waals surface area contributed by atoms with Crippen LogP contribution in [0.4, 0.5) is 0 Å². The van der Waals surface area contributed by atoms with Crippen LogP contribution in [-0.2, 0) is 0 Å². The van der Waals surface area contributed by atoms with Gasteiger partial charge in [-0.15, -0.1) is 0 Å². The number of nitrogens with one attached hydrogen (secondary N) is 2. The average Bonchev–Trinajstić information content (AvgIpc) is 3.13. The molecule has 3 aromatic rings. The highest BCUT2D eigenvalue weighted by Gasteiger charge is 2.11. The van der Waals surface area contributed by atoms with Gasteiger partial charge in [0.1, 0.15) is 0 Å². The van der Waals surface area contributed by atoms with Gasteiger partial charge in [0.2, 0.25) is 0 Å². The first-order valence-corrected chi connectivity index (χ1v) is 7.24. The minimum absolute atomic E-state index is 0.184. The Balaban J connectivity index is 1.66. The Morgan fingerprint density at radius 3 is 3.05 bits per heavy atom. The molecular weight excluding hydrogens is 272 g/mol. The molecule has 1 atom stereocenters. The highest BCUT2D eigenvalue weighted by Crippen LogP contribution is 2.16. The van der Waals surface area contributed by atoms with Crippen LogP contribution in [0.1, 0.15) is 22.0 Å². The van der Waals surface area contributed by atoms with Crippen LogP contribution in [0.15, 0.2) is 47.3 Å². The van der Waals surface area contributed by atoms with Gasteiger partial charge in [0.15, 0.2) is 0 Å². The molecule has 102 valence electrons. The van der Waals surface area contributed by atoms with Gasteiger partial charge in [-0.05, 0) is 46.0 Å². The van der Waals surface area contributed by atoms with Crippen molar-refractivity contribution < 1.29 is 9.90 Å². The summed E-state index contributed by atoms with van der Waals surface area (Å²) in [7, 11) is 0. The van der Waals surface area contributed by atoms with E-state index < -0.39 is 6.10 Å². The van der Waals surface area contributed by atoms with E-state index in [1.807, 2.05) is 41.2 Å². The van der Waals surface area contributed by atoms with Crippen LogP contribution < -0.4 is 5.32 Å². The van der Waals surface area contributed by atoms with Gasteiger partial charge in [0, 0.05) is 23.8 Å². The van der Waals surface area contributed by atoms with E-state index >= 15 is 0 Å². The first kappa shape index (κ1) is 12.9. The lowest BCUT2D eigenvalue weighted by atomic mass is 10.1. The fraction of sp³-hybridized carbons (Fsp3) is 0.133. The molecule has 0 spiro atoms. The molecule has 3 N–H and O–H groups in total. The largest absolute Gasteiger partial charge is 0.387 e. The van der Waals surface area contributed by atoms with Crippen molar-refractivity contribution >= 4 is 28.1 Å². The summed E-state index contributed by atoms with van der Waals surface area (Å²) in [6, 6.07) is 9.30. The third-order valence-electron chi connectivity index (χ3n) is 3.20. The topological polar surface area (TPSA) is 65.1 Å². The zero-order valence-corrected chi connectivity index (χ0v) is 11.5. The summed E-state index contributed by atoms with van der Waals surface area (Å²) >= 11 is 1.52. The van der Waals surface area contributed by atoms with Crippen LogP contribution in [0, 0.1) is 0 Å². The number of aromatic nitrogens is 1. The number of amides is 1. The van der Waals surface area contributed by atoms with Gasteiger partial charge in [0.25, 0.3) is 5.91 Å². The summed E-state index contributed by atoms with van der Waals surface area (Å²) in [6.07, 6.45) is 1.17. The van der Waals surface area contributed by atoms with Crippen molar-refractivity contribution in [1.82, 2.24) is 10.3 Å². The third kappa shape index (κ3) is 2.59. The van der Waals surface area contributed by atoms with Crippen molar-refractivity contribution in [2.24, 2.45) is 0 Å². The van der Waals surface area contributed by atoms with Gasteiger partial charge in [0.05, 0.1) is 6.10 Å². The van der Waals surface area contributed by atoms with Crippen molar-refractivity contribution in [2.45, 2.75) is 6.10 Å². The molecular formula is C15H14N2O2S. The molecule has 0 aliphatic carbocycles.